The molecule has 0 saturated heterocycles. The first kappa shape index (κ1) is 13.4. The first-order chi connectivity index (χ1) is 10.0. The van der Waals surface area contributed by atoms with E-state index >= 15 is 0 Å². The van der Waals surface area contributed by atoms with E-state index in [0.717, 1.165) is 33.5 Å². The van der Waals surface area contributed by atoms with Crippen molar-refractivity contribution in [3.05, 3.63) is 53.1 Å². The van der Waals surface area contributed by atoms with Crippen molar-refractivity contribution in [2.75, 3.05) is 5.32 Å². The van der Waals surface area contributed by atoms with E-state index in [2.05, 4.69) is 10.6 Å². The SMILES string of the molecule is CC(=O)Nc1cccc(-c2cc(C)c3c(c2)CNC3=O)c1. The van der Waals surface area contributed by atoms with Gasteiger partial charge in [-0.05, 0) is 47.4 Å². The number of nitrogens with one attached hydrogen (secondary N) is 2. The molecular formula is C17H16N2O2. The van der Waals surface area contributed by atoms with E-state index in [9.17, 15) is 9.59 Å². The highest BCUT2D eigenvalue weighted by Crippen LogP contribution is 2.29. The number of benzene rings is 2. The van der Waals surface area contributed by atoms with Crippen molar-refractivity contribution in [3.63, 3.8) is 0 Å². The maximum atomic E-state index is 11.8. The number of fused-ring (bicyclic) bond motifs is 1. The van der Waals surface area contributed by atoms with E-state index < -0.39 is 0 Å². The van der Waals surface area contributed by atoms with Crippen LogP contribution in [0.3, 0.4) is 0 Å². The maximum Gasteiger partial charge on any atom is 0.252 e. The molecule has 0 bridgehead atoms. The summed E-state index contributed by atoms with van der Waals surface area (Å²) in [5, 5.41) is 5.63. The van der Waals surface area contributed by atoms with Crippen LogP contribution in [0.1, 0.15) is 28.4 Å². The van der Waals surface area contributed by atoms with Crippen molar-refractivity contribution in [2.45, 2.75) is 20.4 Å². The quantitative estimate of drug-likeness (QED) is 0.888. The Labute approximate surface area is 123 Å². The van der Waals surface area contributed by atoms with Crippen LogP contribution in [0.4, 0.5) is 5.69 Å². The number of amides is 2. The van der Waals surface area contributed by atoms with Crippen LogP contribution in [0.2, 0.25) is 0 Å². The molecule has 0 fully saturated rings. The lowest BCUT2D eigenvalue weighted by Gasteiger charge is -2.09. The van der Waals surface area contributed by atoms with Crippen molar-refractivity contribution >= 4 is 17.5 Å². The Morgan fingerprint density at radius 2 is 2.00 bits per heavy atom. The first-order valence-electron chi connectivity index (χ1n) is 6.84. The Morgan fingerprint density at radius 3 is 2.76 bits per heavy atom. The second-order valence-corrected chi connectivity index (χ2v) is 5.27. The smallest absolute Gasteiger partial charge is 0.252 e. The minimum absolute atomic E-state index is 0.000969. The molecule has 0 unspecified atom stereocenters. The lowest BCUT2D eigenvalue weighted by atomic mass is 9.96. The minimum atomic E-state index is -0.0907. The number of carbonyl (C=O) groups is 2. The summed E-state index contributed by atoms with van der Waals surface area (Å²) in [6, 6.07) is 11.7. The summed E-state index contributed by atoms with van der Waals surface area (Å²) in [6.45, 7) is 4.02. The molecule has 0 atom stereocenters. The van der Waals surface area contributed by atoms with Gasteiger partial charge in [0.15, 0.2) is 0 Å². The van der Waals surface area contributed by atoms with Gasteiger partial charge in [-0.25, -0.2) is 0 Å². The van der Waals surface area contributed by atoms with E-state index in [0.29, 0.717) is 6.54 Å². The highest BCUT2D eigenvalue weighted by atomic mass is 16.2. The lowest BCUT2D eigenvalue weighted by molar-refractivity contribution is -0.114. The van der Waals surface area contributed by atoms with E-state index in [1.165, 1.54) is 6.92 Å². The molecule has 2 amide bonds. The summed E-state index contributed by atoms with van der Waals surface area (Å²) < 4.78 is 0. The number of aryl methyl sites for hydroxylation is 1. The third kappa shape index (κ3) is 2.52. The molecule has 1 aliphatic heterocycles. The largest absolute Gasteiger partial charge is 0.348 e. The van der Waals surface area contributed by atoms with E-state index in [4.69, 9.17) is 0 Å². The summed E-state index contributed by atoms with van der Waals surface area (Å²) in [4.78, 5) is 22.9. The fraction of sp³-hybridized carbons (Fsp3) is 0.176. The van der Waals surface area contributed by atoms with Gasteiger partial charge in [-0.2, -0.15) is 0 Å². The van der Waals surface area contributed by atoms with Crippen molar-refractivity contribution in [3.8, 4) is 11.1 Å². The first-order valence-corrected chi connectivity index (χ1v) is 6.84. The van der Waals surface area contributed by atoms with E-state index in [1.54, 1.807) is 0 Å². The van der Waals surface area contributed by atoms with Crippen LogP contribution >= 0.6 is 0 Å². The second-order valence-electron chi connectivity index (χ2n) is 5.27. The van der Waals surface area contributed by atoms with Crippen LogP contribution < -0.4 is 10.6 Å². The normalized spacial score (nSPS) is 12.8. The number of carbonyl (C=O) groups excluding carboxylic acids is 2. The fourth-order valence-corrected chi connectivity index (χ4v) is 2.73. The van der Waals surface area contributed by atoms with Gasteiger partial charge in [0, 0.05) is 24.7 Å². The molecule has 21 heavy (non-hydrogen) atoms. The molecule has 4 nitrogen and oxygen atoms in total. The predicted octanol–water partition coefficient (Wildman–Crippen LogP) is 2.86. The number of hydrogen-bond donors (Lipinski definition) is 2. The Bertz CT molecular complexity index is 750. The molecule has 0 aromatic heterocycles. The third-order valence-corrected chi connectivity index (χ3v) is 3.60. The fourth-order valence-electron chi connectivity index (χ4n) is 2.73. The molecule has 106 valence electrons. The predicted molar refractivity (Wildman–Crippen MR) is 82.1 cm³/mol. The van der Waals surface area contributed by atoms with Crippen LogP contribution in [0, 0.1) is 6.92 Å². The molecule has 3 rings (SSSR count). The summed E-state index contributed by atoms with van der Waals surface area (Å²) in [7, 11) is 0. The van der Waals surface area contributed by atoms with Gasteiger partial charge in [-0.3, -0.25) is 9.59 Å². The summed E-state index contributed by atoms with van der Waals surface area (Å²) in [6.07, 6.45) is 0. The van der Waals surface area contributed by atoms with Gasteiger partial charge >= 0.3 is 0 Å². The number of rotatable bonds is 2. The van der Waals surface area contributed by atoms with Crippen molar-refractivity contribution in [2.24, 2.45) is 0 Å². The number of hydrogen-bond acceptors (Lipinski definition) is 2. The van der Waals surface area contributed by atoms with Gasteiger partial charge in [0.05, 0.1) is 0 Å². The topological polar surface area (TPSA) is 58.2 Å². The Morgan fingerprint density at radius 1 is 1.19 bits per heavy atom. The molecule has 1 aliphatic rings. The maximum absolute atomic E-state index is 11.8. The summed E-state index contributed by atoms with van der Waals surface area (Å²) in [5.41, 5.74) is 5.63. The van der Waals surface area contributed by atoms with Gasteiger partial charge < -0.3 is 10.6 Å². The lowest BCUT2D eigenvalue weighted by Crippen LogP contribution is -2.13. The molecule has 0 spiro atoms. The zero-order chi connectivity index (χ0) is 15.0. The summed E-state index contributed by atoms with van der Waals surface area (Å²) >= 11 is 0. The van der Waals surface area contributed by atoms with E-state index in [-0.39, 0.29) is 11.8 Å². The average Bonchev–Trinajstić information content (AvgIpc) is 2.80. The molecule has 1 heterocycles. The molecule has 0 saturated carbocycles. The van der Waals surface area contributed by atoms with Crippen LogP contribution in [0.5, 0.6) is 0 Å². The van der Waals surface area contributed by atoms with Gasteiger partial charge in [0.2, 0.25) is 5.91 Å². The van der Waals surface area contributed by atoms with Gasteiger partial charge in [-0.1, -0.05) is 18.2 Å². The Kier molecular flexibility index (Phi) is 3.22. The monoisotopic (exact) mass is 280 g/mol. The van der Waals surface area contributed by atoms with Crippen LogP contribution in [-0.4, -0.2) is 11.8 Å². The minimum Gasteiger partial charge on any atom is -0.348 e. The molecule has 4 heteroatoms. The van der Waals surface area contributed by atoms with Crippen LogP contribution in [-0.2, 0) is 11.3 Å². The zero-order valence-corrected chi connectivity index (χ0v) is 12.0. The Balaban J connectivity index is 2.03. The van der Waals surface area contributed by atoms with Gasteiger partial charge in [0.1, 0.15) is 0 Å². The average molecular weight is 280 g/mol. The summed E-state index contributed by atoms with van der Waals surface area (Å²) in [5.74, 6) is -0.0897. The van der Waals surface area contributed by atoms with Crippen molar-refractivity contribution < 1.29 is 9.59 Å². The number of anilines is 1. The van der Waals surface area contributed by atoms with Crippen LogP contribution in [0.15, 0.2) is 36.4 Å². The molecule has 2 aromatic carbocycles. The Hall–Kier alpha value is -2.62. The second kappa shape index (κ2) is 5.05. The van der Waals surface area contributed by atoms with Crippen molar-refractivity contribution in [1.29, 1.82) is 0 Å². The zero-order valence-electron chi connectivity index (χ0n) is 12.0. The molecule has 0 radical (unpaired) electrons. The highest BCUT2D eigenvalue weighted by Gasteiger charge is 2.21. The molecule has 0 aliphatic carbocycles. The van der Waals surface area contributed by atoms with E-state index in [1.807, 2.05) is 43.3 Å². The van der Waals surface area contributed by atoms with Gasteiger partial charge in [0.25, 0.3) is 5.91 Å². The van der Waals surface area contributed by atoms with Crippen LogP contribution in [0.25, 0.3) is 11.1 Å². The third-order valence-electron chi connectivity index (χ3n) is 3.60. The van der Waals surface area contributed by atoms with Crippen molar-refractivity contribution in [1.82, 2.24) is 5.32 Å². The molecule has 2 N–H and O–H groups in total. The van der Waals surface area contributed by atoms with Gasteiger partial charge in [-0.15, -0.1) is 0 Å². The molecular weight excluding hydrogens is 264 g/mol. The molecule has 2 aromatic rings. The highest BCUT2D eigenvalue weighted by molar-refractivity contribution is 6.00. The standard InChI is InChI=1S/C17H16N2O2/c1-10-6-13(7-14-9-18-17(21)16(10)14)12-4-3-5-15(8-12)19-11(2)20/h3-8H,9H2,1-2H3,(H,18,21)(H,19,20).